The second-order valence-corrected chi connectivity index (χ2v) is 10.9. The van der Waals surface area contributed by atoms with E-state index in [4.69, 9.17) is 9.47 Å². The fourth-order valence-corrected chi connectivity index (χ4v) is 8.22. The Morgan fingerprint density at radius 1 is 0.926 bits per heavy atom. The van der Waals surface area contributed by atoms with Gasteiger partial charge in [-0.2, -0.15) is 0 Å². The number of carbonyl (C=O) groups excluding carboxylic acids is 1. The number of fused-ring (bicyclic) bond motifs is 5. The number of Topliss-reactive ketones (excluding diaryl/α,β-unsaturated/α-hetero) is 1. The molecule has 0 aromatic carbocycles. The second kappa shape index (κ2) is 6.83. The van der Waals surface area contributed by atoms with Crippen LogP contribution in [0.4, 0.5) is 0 Å². The monoisotopic (exact) mass is 374 g/mol. The van der Waals surface area contributed by atoms with E-state index in [1.54, 1.807) is 0 Å². The van der Waals surface area contributed by atoms with Crippen molar-refractivity contribution in [1.29, 1.82) is 0 Å². The van der Waals surface area contributed by atoms with E-state index in [2.05, 4.69) is 13.8 Å². The summed E-state index contributed by atoms with van der Waals surface area (Å²) in [5.41, 5.74) is 0.763. The average molecular weight is 375 g/mol. The molecule has 152 valence electrons. The van der Waals surface area contributed by atoms with Gasteiger partial charge in [0, 0.05) is 19.4 Å². The van der Waals surface area contributed by atoms with Gasteiger partial charge in [-0.1, -0.05) is 13.8 Å². The van der Waals surface area contributed by atoms with Crippen LogP contribution in [0.5, 0.6) is 0 Å². The molecule has 0 aromatic rings. The predicted octanol–water partition coefficient (Wildman–Crippen LogP) is 5.51. The van der Waals surface area contributed by atoms with Crippen molar-refractivity contribution < 1.29 is 14.3 Å². The van der Waals surface area contributed by atoms with Crippen LogP contribution in [0.1, 0.15) is 90.9 Å². The molecule has 5 fully saturated rings. The average Bonchev–Trinajstić information content (AvgIpc) is 3.00. The largest absolute Gasteiger partial charge is 0.353 e. The summed E-state index contributed by atoms with van der Waals surface area (Å²) in [5.74, 6) is 3.71. The molecule has 8 atom stereocenters. The van der Waals surface area contributed by atoms with Crippen LogP contribution in [0.25, 0.3) is 0 Å². The van der Waals surface area contributed by atoms with Crippen LogP contribution in [-0.4, -0.2) is 24.8 Å². The van der Waals surface area contributed by atoms with E-state index >= 15 is 0 Å². The van der Waals surface area contributed by atoms with Crippen LogP contribution in [0.2, 0.25) is 0 Å². The Morgan fingerprint density at radius 2 is 1.78 bits per heavy atom. The van der Waals surface area contributed by atoms with E-state index in [-0.39, 0.29) is 6.29 Å². The molecule has 1 aliphatic heterocycles. The summed E-state index contributed by atoms with van der Waals surface area (Å²) in [6, 6.07) is 0. The van der Waals surface area contributed by atoms with Gasteiger partial charge in [-0.05, 0) is 98.7 Å². The maximum absolute atomic E-state index is 12.1. The van der Waals surface area contributed by atoms with Crippen molar-refractivity contribution in [2.24, 2.45) is 34.5 Å². The summed E-state index contributed by atoms with van der Waals surface area (Å²) in [6.45, 7) is 5.95. The van der Waals surface area contributed by atoms with Crippen LogP contribution >= 0.6 is 0 Å². The SMILES string of the molecule is C[C@]12CCC(=O)CC1CC[C@@H]1[C@H]2CC[C@]2(C)C(OC3CCCCO3)CC[C@@H]12. The lowest BCUT2D eigenvalue weighted by Crippen LogP contribution is -2.54. The van der Waals surface area contributed by atoms with Crippen molar-refractivity contribution in [3.8, 4) is 0 Å². The van der Waals surface area contributed by atoms with Gasteiger partial charge in [0.05, 0.1) is 6.10 Å². The van der Waals surface area contributed by atoms with E-state index in [9.17, 15) is 4.79 Å². The van der Waals surface area contributed by atoms with Crippen molar-refractivity contribution in [3.05, 3.63) is 0 Å². The lowest BCUT2D eigenvalue weighted by Gasteiger charge is -2.60. The lowest BCUT2D eigenvalue weighted by atomic mass is 9.45. The molecule has 27 heavy (non-hydrogen) atoms. The van der Waals surface area contributed by atoms with Crippen LogP contribution in [0.15, 0.2) is 0 Å². The maximum atomic E-state index is 12.1. The predicted molar refractivity (Wildman–Crippen MR) is 105 cm³/mol. The zero-order chi connectivity index (χ0) is 18.6. The van der Waals surface area contributed by atoms with Gasteiger partial charge in [-0.25, -0.2) is 0 Å². The number of hydrogen-bond acceptors (Lipinski definition) is 3. The van der Waals surface area contributed by atoms with Crippen LogP contribution in [0, 0.1) is 34.5 Å². The minimum atomic E-state index is 0.0506. The Labute approximate surface area is 164 Å². The Morgan fingerprint density at radius 3 is 2.59 bits per heavy atom. The van der Waals surface area contributed by atoms with Gasteiger partial charge >= 0.3 is 0 Å². The minimum Gasteiger partial charge on any atom is -0.353 e. The molecule has 0 spiro atoms. The molecule has 3 heteroatoms. The second-order valence-electron chi connectivity index (χ2n) is 10.9. The molecule has 1 saturated heterocycles. The third-order valence-corrected chi connectivity index (χ3v) is 9.85. The molecule has 3 nitrogen and oxygen atoms in total. The van der Waals surface area contributed by atoms with Crippen molar-refractivity contribution in [2.45, 2.75) is 103 Å². The molecule has 1 heterocycles. The first-order valence-electron chi connectivity index (χ1n) is 11.8. The summed E-state index contributed by atoms with van der Waals surface area (Å²) in [4.78, 5) is 12.1. The van der Waals surface area contributed by atoms with Crippen molar-refractivity contribution >= 4 is 5.78 Å². The molecule has 3 unspecified atom stereocenters. The molecule has 4 saturated carbocycles. The zero-order valence-corrected chi connectivity index (χ0v) is 17.4. The molecular formula is C24H38O3. The molecular weight excluding hydrogens is 336 g/mol. The van der Waals surface area contributed by atoms with Crippen LogP contribution < -0.4 is 0 Å². The summed E-state index contributed by atoms with van der Waals surface area (Å²) in [5, 5.41) is 0. The van der Waals surface area contributed by atoms with Crippen molar-refractivity contribution in [3.63, 3.8) is 0 Å². The fourth-order valence-electron chi connectivity index (χ4n) is 8.22. The molecule has 5 aliphatic rings. The normalized spacial score (nSPS) is 52.7. The Balaban J connectivity index is 1.33. The van der Waals surface area contributed by atoms with Gasteiger partial charge < -0.3 is 9.47 Å². The molecule has 0 bridgehead atoms. The van der Waals surface area contributed by atoms with Crippen molar-refractivity contribution in [1.82, 2.24) is 0 Å². The van der Waals surface area contributed by atoms with Gasteiger partial charge in [0.1, 0.15) is 5.78 Å². The van der Waals surface area contributed by atoms with Gasteiger partial charge in [-0.15, -0.1) is 0 Å². The molecule has 0 aromatic heterocycles. The Bertz CT molecular complexity index is 582. The smallest absolute Gasteiger partial charge is 0.157 e. The van der Waals surface area contributed by atoms with E-state index < -0.39 is 0 Å². The first-order valence-corrected chi connectivity index (χ1v) is 11.8. The molecule has 0 radical (unpaired) electrons. The first kappa shape index (κ1) is 18.6. The quantitative estimate of drug-likeness (QED) is 0.639. The van der Waals surface area contributed by atoms with E-state index in [0.717, 1.165) is 50.0 Å². The fraction of sp³-hybridized carbons (Fsp3) is 0.958. The van der Waals surface area contributed by atoms with Gasteiger partial charge in [0.2, 0.25) is 0 Å². The zero-order valence-electron chi connectivity index (χ0n) is 17.4. The number of rotatable bonds is 2. The van der Waals surface area contributed by atoms with E-state index in [1.165, 1.54) is 51.4 Å². The lowest BCUT2D eigenvalue weighted by molar-refractivity contribution is -0.218. The molecule has 5 rings (SSSR count). The maximum Gasteiger partial charge on any atom is 0.157 e. The van der Waals surface area contributed by atoms with Gasteiger partial charge in [-0.3, -0.25) is 4.79 Å². The third kappa shape index (κ3) is 2.94. The Kier molecular flexibility index (Phi) is 4.71. The first-order chi connectivity index (χ1) is 13.0. The number of ketones is 1. The summed E-state index contributed by atoms with van der Waals surface area (Å²) >= 11 is 0. The number of hydrogen-bond donors (Lipinski definition) is 0. The molecule has 0 N–H and O–H groups in total. The standard InChI is InChI=1S/C24H38O3/c1-23-12-10-17(25)15-16(23)6-7-18-19-8-9-21(24(19,2)13-11-20(18)23)27-22-5-3-4-14-26-22/h16,18-22H,3-15H2,1-2H3/t16?,18-,19-,20+,21?,22?,23-,24-/m0/s1. The van der Waals surface area contributed by atoms with Gasteiger partial charge in [0.25, 0.3) is 0 Å². The minimum absolute atomic E-state index is 0.0506. The van der Waals surface area contributed by atoms with E-state index in [0.29, 0.717) is 28.6 Å². The highest BCUT2D eigenvalue weighted by molar-refractivity contribution is 5.79. The van der Waals surface area contributed by atoms with Crippen LogP contribution in [0.3, 0.4) is 0 Å². The summed E-state index contributed by atoms with van der Waals surface area (Å²) in [6.07, 6.45) is 14.7. The van der Waals surface area contributed by atoms with E-state index in [1.807, 2.05) is 0 Å². The molecule has 0 amide bonds. The summed E-state index contributed by atoms with van der Waals surface area (Å²) in [7, 11) is 0. The summed E-state index contributed by atoms with van der Waals surface area (Å²) < 4.78 is 12.5. The highest BCUT2D eigenvalue weighted by atomic mass is 16.7. The number of ether oxygens (including phenoxy) is 2. The van der Waals surface area contributed by atoms with Crippen molar-refractivity contribution in [2.75, 3.05) is 6.61 Å². The molecule has 4 aliphatic carbocycles. The van der Waals surface area contributed by atoms with Crippen LogP contribution in [-0.2, 0) is 14.3 Å². The topological polar surface area (TPSA) is 35.5 Å². The highest BCUT2D eigenvalue weighted by Gasteiger charge is 2.60. The third-order valence-electron chi connectivity index (χ3n) is 9.85. The van der Waals surface area contributed by atoms with Gasteiger partial charge in [0.15, 0.2) is 6.29 Å². The highest BCUT2D eigenvalue weighted by Crippen LogP contribution is 2.66. The Hall–Kier alpha value is -0.410. The number of carbonyl (C=O) groups is 1.